The second kappa shape index (κ2) is 7.53. The fourth-order valence-electron chi connectivity index (χ4n) is 2.50. The lowest BCUT2D eigenvalue weighted by molar-refractivity contribution is -0.137. The quantitative estimate of drug-likeness (QED) is 0.635. The van der Waals surface area contributed by atoms with Gasteiger partial charge < -0.3 is 15.4 Å². The van der Waals surface area contributed by atoms with E-state index in [0.29, 0.717) is 28.9 Å². The van der Waals surface area contributed by atoms with Gasteiger partial charge in [-0.05, 0) is 37.3 Å². The minimum Gasteiger partial charge on any atom is -0.495 e. The predicted molar refractivity (Wildman–Crippen MR) is 97.8 cm³/mol. The molecule has 0 aliphatic heterocycles. The first kappa shape index (κ1) is 18.5. The van der Waals surface area contributed by atoms with E-state index < -0.39 is 11.7 Å². The van der Waals surface area contributed by atoms with Crippen molar-refractivity contribution in [1.82, 2.24) is 9.97 Å². The largest absolute Gasteiger partial charge is 0.495 e. The molecule has 140 valence electrons. The highest BCUT2D eigenvalue weighted by Crippen LogP contribution is 2.32. The zero-order chi connectivity index (χ0) is 19.4. The minimum atomic E-state index is -4.41. The van der Waals surface area contributed by atoms with Crippen LogP contribution in [-0.4, -0.2) is 17.1 Å². The SMILES string of the molecule is COc1ccccc1Nc1cc(Nc2cccc(C(F)(F)F)c2)nc(C)n1. The smallest absolute Gasteiger partial charge is 0.416 e. The average molecular weight is 374 g/mol. The van der Waals surface area contributed by atoms with Crippen molar-refractivity contribution in [3.63, 3.8) is 0 Å². The van der Waals surface area contributed by atoms with Crippen LogP contribution in [0.1, 0.15) is 11.4 Å². The lowest BCUT2D eigenvalue weighted by atomic mass is 10.2. The number of hydrogen-bond donors (Lipinski definition) is 2. The van der Waals surface area contributed by atoms with Crippen LogP contribution in [0.5, 0.6) is 5.75 Å². The molecule has 3 rings (SSSR count). The molecule has 0 amide bonds. The minimum absolute atomic E-state index is 0.283. The van der Waals surface area contributed by atoms with E-state index in [-0.39, 0.29) is 5.69 Å². The number of nitrogens with one attached hydrogen (secondary N) is 2. The van der Waals surface area contributed by atoms with Gasteiger partial charge in [0.2, 0.25) is 0 Å². The molecule has 1 heterocycles. The van der Waals surface area contributed by atoms with Gasteiger partial charge in [-0.1, -0.05) is 18.2 Å². The Labute approximate surface area is 154 Å². The number of benzene rings is 2. The molecule has 0 fully saturated rings. The molecule has 2 aromatic carbocycles. The molecule has 0 atom stereocenters. The first-order chi connectivity index (χ1) is 12.8. The van der Waals surface area contributed by atoms with Gasteiger partial charge in [-0.2, -0.15) is 13.2 Å². The predicted octanol–water partition coefficient (Wildman–Crippen LogP) is 5.30. The summed E-state index contributed by atoms with van der Waals surface area (Å²) in [6.45, 7) is 1.70. The van der Waals surface area contributed by atoms with Gasteiger partial charge in [0.25, 0.3) is 0 Å². The number of para-hydroxylation sites is 2. The Balaban J connectivity index is 1.86. The maximum Gasteiger partial charge on any atom is 0.416 e. The van der Waals surface area contributed by atoms with E-state index in [0.717, 1.165) is 12.1 Å². The van der Waals surface area contributed by atoms with Gasteiger partial charge in [0, 0.05) is 11.8 Å². The van der Waals surface area contributed by atoms with Crippen molar-refractivity contribution in [3.05, 3.63) is 66.0 Å². The van der Waals surface area contributed by atoms with Gasteiger partial charge in [0.15, 0.2) is 0 Å². The topological polar surface area (TPSA) is 59.1 Å². The van der Waals surface area contributed by atoms with Crippen molar-refractivity contribution in [1.29, 1.82) is 0 Å². The number of anilines is 4. The van der Waals surface area contributed by atoms with Crippen LogP contribution in [-0.2, 0) is 6.18 Å². The van der Waals surface area contributed by atoms with Gasteiger partial charge in [-0.25, -0.2) is 9.97 Å². The second-order valence-electron chi connectivity index (χ2n) is 5.71. The highest BCUT2D eigenvalue weighted by atomic mass is 19.4. The van der Waals surface area contributed by atoms with Crippen molar-refractivity contribution >= 4 is 23.0 Å². The highest BCUT2D eigenvalue weighted by Gasteiger charge is 2.30. The van der Waals surface area contributed by atoms with Crippen LogP contribution in [0.4, 0.5) is 36.2 Å². The molecule has 27 heavy (non-hydrogen) atoms. The summed E-state index contributed by atoms with van der Waals surface area (Å²) in [6, 6.07) is 13.9. The number of alkyl halides is 3. The number of rotatable bonds is 5. The van der Waals surface area contributed by atoms with Crippen LogP contribution < -0.4 is 15.4 Å². The standard InChI is InChI=1S/C19H17F3N4O/c1-12-23-17(25-14-7-5-6-13(10-14)19(20,21)22)11-18(24-12)26-15-8-3-4-9-16(15)27-2/h3-11H,1-2H3,(H2,23,24,25,26). The highest BCUT2D eigenvalue weighted by molar-refractivity contribution is 5.67. The number of nitrogens with zero attached hydrogens (tertiary/aromatic N) is 2. The Hall–Kier alpha value is -3.29. The summed E-state index contributed by atoms with van der Waals surface area (Å²) < 4.78 is 43.9. The second-order valence-corrected chi connectivity index (χ2v) is 5.71. The molecule has 0 aliphatic rings. The van der Waals surface area contributed by atoms with E-state index in [1.54, 1.807) is 32.2 Å². The number of hydrogen-bond acceptors (Lipinski definition) is 5. The van der Waals surface area contributed by atoms with E-state index in [2.05, 4.69) is 20.6 Å². The molecule has 0 radical (unpaired) electrons. The molecule has 5 nitrogen and oxygen atoms in total. The number of methoxy groups -OCH3 is 1. The van der Waals surface area contributed by atoms with Gasteiger partial charge in [-0.3, -0.25) is 0 Å². The van der Waals surface area contributed by atoms with Crippen LogP contribution in [0, 0.1) is 6.92 Å². The van der Waals surface area contributed by atoms with Crippen molar-refractivity contribution in [3.8, 4) is 5.75 Å². The summed E-state index contributed by atoms with van der Waals surface area (Å²) in [7, 11) is 1.56. The zero-order valence-corrected chi connectivity index (χ0v) is 14.6. The summed E-state index contributed by atoms with van der Waals surface area (Å²) >= 11 is 0. The molecular weight excluding hydrogens is 357 g/mol. The number of ether oxygens (including phenoxy) is 1. The van der Waals surface area contributed by atoms with Gasteiger partial charge in [0.05, 0.1) is 18.4 Å². The van der Waals surface area contributed by atoms with E-state index in [4.69, 9.17) is 4.74 Å². The number of aromatic nitrogens is 2. The van der Waals surface area contributed by atoms with Crippen LogP contribution in [0.3, 0.4) is 0 Å². The van der Waals surface area contributed by atoms with Crippen LogP contribution >= 0.6 is 0 Å². The fraction of sp³-hybridized carbons (Fsp3) is 0.158. The van der Waals surface area contributed by atoms with Gasteiger partial charge >= 0.3 is 6.18 Å². The van der Waals surface area contributed by atoms with E-state index in [9.17, 15) is 13.2 Å². The molecular formula is C19H17F3N4O. The van der Waals surface area contributed by atoms with Crippen molar-refractivity contribution in [2.75, 3.05) is 17.7 Å². The first-order valence-electron chi connectivity index (χ1n) is 8.05. The molecule has 0 unspecified atom stereocenters. The maximum atomic E-state index is 12.9. The van der Waals surface area contributed by atoms with Crippen molar-refractivity contribution in [2.45, 2.75) is 13.1 Å². The Morgan fingerprint density at radius 1 is 0.889 bits per heavy atom. The monoisotopic (exact) mass is 374 g/mol. The third kappa shape index (κ3) is 4.66. The molecule has 3 aromatic rings. The van der Waals surface area contributed by atoms with Crippen LogP contribution in [0.2, 0.25) is 0 Å². The lowest BCUT2D eigenvalue weighted by Crippen LogP contribution is -2.06. The Morgan fingerprint density at radius 2 is 1.59 bits per heavy atom. The third-order valence-corrected chi connectivity index (χ3v) is 3.67. The normalized spacial score (nSPS) is 11.1. The zero-order valence-electron chi connectivity index (χ0n) is 14.6. The average Bonchev–Trinajstić information content (AvgIpc) is 2.61. The van der Waals surface area contributed by atoms with Gasteiger partial charge in [0.1, 0.15) is 23.2 Å². The summed E-state index contributed by atoms with van der Waals surface area (Å²) in [5.74, 6) is 1.96. The lowest BCUT2D eigenvalue weighted by Gasteiger charge is -2.13. The Bertz CT molecular complexity index is 944. The van der Waals surface area contributed by atoms with Crippen LogP contribution in [0.25, 0.3) is 0 Å². The van der Waals surface area contributed by atoms with Crippen molar-refractivity contribution < 1.29 is 17.9 Å². The number of aryl methyl sites for hydroxylation is 1. The summed E-state index contributed by atoms with van der Waals surface area (Å²) in [4.78, 5) is 8.54. The first-order valence-corrected chi connectivity index (χ1v) is 8.05. The fourth-order valence-corrected chi connectivity index (χ4v) is 2.50. The maximum absolute atomic E-state index is 12.9. The summed E-state index contributed by atoms with van der Waals surface area (Å²) in [5, 5.41) is 6.02. The van der Waals surface area contributed by atoms with Crippen molar-refractivity contribution in [2.24, 2.45) is 0 Å². The Morgan fingerprint density at radius 3 is 2.30 bits per heavy atom. The molecule has 0 bridgehead atoms. The molecule has 0 saturated heterocycles. The number of halogens is 3. The molecule has 0 saturated carbocycles. The summed E-state index contributed by atoms with van der Waals surface area (Å²) in [5.41, 5.74) is 0.264. The molecule has 1 aromatic heterocycles. The Kier molecular flexibility index (Phi) is 5.16. The third-order valence-electron chi connectivity index (χ3n) is 3.67. The van der Waals surface area contributed by atoms with Crippen LogP contribution in [0.15, 0.2) is 54.6 Å². The molecule has 8 heteroatoms. The van der Waals surface area contributed by atoms with E-state index in [1.165, 1.54) is 6.07 Å². The molecule has 2 N–H and O–H groups in total. The molecule has 0 spiro atoms. The summed E-state index contributed by atoms with van der Waals surface area (Å²) in [6.07, 6.45) is -4.41. The van der Waals surface area contributed by atoms with Gasteiger partial charge in [-0.15, -0.1) is 0 Å². The van der Waals surface area contributed by atoms with E-state index >= 15 is 0 Å². The van der Waals surface area contributed by atoms with E-state index in [1.807, 2.05) is 18.2 Å². The molecule has 0 aliphatic carbocycles.